The summed E-state index contributed by atoms with van der Waals surface area (Å²) in [5, 5.41) is 10.6. The third-order valence-electron chi connectivity index (χ3n) is 3.84. The molecule has 1 heterocycles. The van der Waals surface area contributed by atoms with E-state index in [4.69, 9.17) is 0 Å². The van der Waals surface area contributed by atoms with Gasteiger partial charge in [0.15, 0.2) is 0 Å². The molecule has 0 N–H and O–H groups in total. The number of nitro benzene ring substituents is 1. The molecule has 1 saturated heterocycles. The molecular formula is C15H21N3O3. The fourth-order valence-electron chi connectivity index (χ4n) is 2.49. The van der Waals surface area contributed by atoms with Crippen LogP contribution in [0.1, 0.15) is 31.1 Å². The number of nitrogens with zero attached hydrogens (tertiary/aromatic N) is 3. The van der Waals surface area contributed by atoms with Gasteiger partial charge in [-0.3, -0.25) is 19.8 Å². The van der Waals surface area contributed by atoms with E-state index in [9.17, 15) is 14.9 Å². The third-order valence-corrected chi connectivity index (χ3v) is 3.84. The second kappa shape index (κ2) is 5.81. The summed E-state index contributed by atoms with van der Waals surface area (Å²) in [4.78, 5) is 26.7. The van der Waals surface area contributed by atoms with Gasteiger partial charge in [-0.2, -0.15) is 0 Å². The van der Waals surface area contributed by atoms with Crippen LogP contribution in [0.25, 0.3) is 0 Å². The summed E-state index contributed by atoms with van der Waals surface area (Å²) in [5.74, 6) is -0.0570. The van der Waals surface area contributed by atoms with E-state index in [1.807, 2.05) is 4.90 Å². The van der Waals surface area contributed by atoms with Gasteiger partial charge >= 0.3 is 0 Å². The molecule has 6 nitrogen and oxygen atoms in total. The Kier molecular flexibility index (Phi) is 4.27. The lowest BCUT2D eigenvalue weighted by Crippen LogP contribution is -2.54. The van der Waals surface area contributed by atoms with Crippen molar-refractivity contribution in [3.05, 3.63) is 39.9 Å². The summed E-state index contributed by atoms with van der Waals surface area (Å²) in [6, 6.07) is 5.80. The van der Waals surface area contributed by atoms with Gasteiger partial charge in [0, 0.05) is 49.4 Å². The van der Waals surface area contributed by atoms with Gasteiger partial charge in [-0.05, 0) is 32.9 Å². The second-order valence-corrected chi connectivity index (χ2v) is 6.25. The molecule has 1 aromatic carbocycles. The van der Waals surface area contributed by atoms with Crippen LogP contribution < -0.4 is 0 Å². The molecule has 2 rings (SSSR count). The van der Waals surface area contributed by atoms with Gasteiger partial charge in [0.25, 0.3) is 11.6 Å². The Balaban J connectivity index is 2.00. The third kappa shape index (κ3) is 3.58. The van der Waals surface area contributed by atoms with Crippen molar-refractivity contribution in [3.63, 3.8) is 0 Å². The Labute approximate surface area is 124 Å². The molecule has 0 bridgehead atoms. The highest BCUT2D eigenvalue weighted by Crippen LogP contribution is 2.18. The first-order valence-corrected chi connectivity index (χ1v) is 7.08. The summed E-state index contributed by atoms with van der Waals surface area (Å²) in [7, 11) is 0. The maximum absolute atomic E-state index is 12.4. The van der Waals surface area contributed by atoms with E-state index in [1.165, 1.54) is 24.3 Å². The first-order valence-electron chi connectivity index (χ1n) is 7.08. The molecule has 1 aliphatic rings. The number of rotatable bonds is 2. The zero-order valence-electron chi connectivity index (χ0n) is 12.7. The standard InChI is InChI=1S/C15H21N3O3/c1-15(2,3)17-10-8-16(9-11-17)14(19)12-4-6-13(7-5-12)18(20)21/h4-7H,8-11H2,1-3H3. The van der Waals surface area contributed by atoms with Crippen LogP contribution in [0.3, 0.4) is 0 Å². The Bertz CT molecular complexity index is 526. The van der Waals surface area contributed by atoms with Crippen molar-refractivity contribution in [1.29, 1.82) is 0 Å². The van der Waals surface area contributed by atoms with Crippen LogP contribution in [0.15, 0.2) is 24.3 Å². The zero-order chi connectivity index (χ0) is 15.6. The lowest BCUT2D eigenvalue weighted by atomic mass is 10.0. The number of carbonyl (C=O) groups excluding carboxylic acids is 1. The fourth-order valence-corrected chi connectivity index (χ4v) is 2.49. The number of hydrogen-bond acceptors (Lipinski definition) is 4. The monoisotopic (exact) mass is 291 g/mol. The average molecular weight is 291 g/mol. The summed E-state index contributed by atoms with van der Waals surface area (Å²) in [6.45, 7) is 9.58. The van der Waals surface area contributed by atoms with E-state index < -0.39 is 4.92 Å². The smallest absolute Gasteiger partial charge is 0.269 e. The Morgan fingerprint density at radius 2 is 1.62 bits per heavy atom. The molecule has 0 atom stereocenters. The van der Waals surface area contributed by atoms with Gasteiger partial charge in [0.2, 0.25) is 0 Å². The number of benzene rings is 1. The van der Waals surface area contributed by atoms with E-state index in [2.05, 4.69) is 25.7 Å². The van der Waals surface area contributed by atoms with Crippen molar-refractivity contribution in [2.75, 3.05) is 26.2 Å². The fraction of sp³-hybridized carbons (Fsp3) is 0.533. The van der Waals surface area contributed by atoms with Crippen molar-refractivity contribution in [2.24, 2.45) is 0 Å². The van der Waals surface area contributed by atoms with Gasteiger partial charge in [-0.25, -0.2) is 0 Å². The van der Waals surface area contributed by atoms with Crippen molar-refractivity contribution in [2.45, 2.75) is 26.3 Å². The highest BCUT2D eigenvalue weighted by molar-refractivity contribution is 5.94. The summed E-state index contributed by atoms with van der Waals surface area (Å²) in [6.07, 6.45) is 0. The molecule has 1 aromatic rings. The molecule has 0 spiro atoms. The molecule has 21 heavy (non-hydrogen) atoms. The largest absolute Gasteiger partial charge is 0.336 e. The highest BCUT2D eigenvalue weighted by Gasteiger charge is 2.28. The number of hydrogen-bond donors (Lipinski definition) is 0. The Morgan fingerprint density at radius 3 is 2.05 bits per heavy atom. The normalized spacial score (nSPS) is 16.8. The molecule has 0 aliphatic carbocycles. The van der Waals surface area contributed by atoms with Crippen LogP contribution >= 0.6 is 0 Å². The minimum Gasteiger partial charge on any atom is -0.336 e. The Hall–Kier alpha value is -1.95. The zero-order valence-corrected chi connectivity index (χ0v) is 12.7. The first kappa shape index (κ1) is 15.4. The lowest BCUT2D eigenvalue weighted by Gasteiger charge is -2.42. The molecular weight excluding hydrogens is 270 g/mol. The SMILES string of the molecule is CC(C)(C)N1CCN(C(=O)c2ccc([N+](=O)[O-])cc2)CC1. The van der Waals surface area contributed by atoms with Crippen molar-refractivity contribution in [1.82, 2.24) is 9.80 Å². The predicted octanol–water partition coefficient (Wildman–Crippen LogP) is 2.15. The number of carbonyl (C=O) groups is 1. The lowest BCUT2D eigenvalue weighted by molar-refractivity contribution is -0.384. The van der Waals surface area contributed by atoms with Crippen LogP contribution in [-0.4, -0.2) is 52.3 Å². The highest BCUT2D eigenvalue weighted by atomic mass is 16.6. The minimum atomic E-state index is -0.462. The number of non-ortho nitro benzene ring substituents is 1. The van der Waals surface area contributed by atoms with Crippen LogP contribution in [0, 0.1) is 10.1 Å². The maximum Gasteiger partial charge on any atom is 0.269 e. The second-order valence-electron chi connectivity index (χ2n) is 6.25. The molecule has 0 unspecified atom stereocenters. The van der Waals surface area contributed by atoms with Gasteiger partial charge in [-0.15, -0.1) is 0 Å². The molecule has 6 heteroatoms. The number of nitro groups is 1. The molecule has 1 fully saturated rings. The Morgan fingerprint density at radius 1 is 1.10 bits per heavy atom. The number of piperazine rings is 1. The van der Waals surface area contributed by atoms with Crippen molar-refractivity contribution in [3.8, 4) is 0 Å². The molecule has 114 valence electrons. The van der Waals surface area contributed by atoms with Gasteiger partial charge < -0.3 is 4.90 Å². The minimum absolute atomic E-state index is 0.00380. The summed E-state index contributed by atoms with van der Waals surface area (Å²) in [5.41, 5.74) is 0.622. The molecule has 1 aliphatic heterocycles. The first-order chi connectivity index (χ1) is 9.79. The van der Waals surface area contributed by atoms with Crippen LogP contribution in [-0.2, 0) is 0 Å². The topological polar surface area (TPSA) is 66.7 Å². The molecule has 0 radical (unpaired) electrons. The summed E-state index contributed by atoms with van der Waals surface area (Å²) < 4.78 is 0. The van der Waals surface area contributed by atoms with Crippen LogP contribution in [0.4, 0.5) is 5.69 Å². The van der Waals surface area contributed by atoms with E-state index >= 15 is 0 Å². The maximum atomic E-state index is 12.4. The van der Waals surface area contributed by atoms with Crippen molar-refractivity contribution < 1.29 is 9.72 Å². The van der Waals surface area contributed by atoms with Crippen LogP contribution in [0.2, 0.25) is 0 Å². The van der Waals surface area contributed by atoms with Gasteiger partial charge in [0.05, 0.1) is 4.92 Å². The average Bonchev–Trinajstić information content (AvgIpc) is 2.46. The quantitative estimate of drug-likeness (QED) is 0.618. The summed E-state index contributed by atoms with van der Waals surface area (Å²) >= 11 is 0. The molecule has 1 amide bonds. The van der Waals surface area contributed by atoms with E-state index in [-0.39, 0.29) is 17.1 Å². The number of amides is 1. The predicted molar refractivity (Wildman–Crippen MR) is 80.3 cm³/mol. The molecule has 0 saturated carbocycles. The van der Waals surface area contributed by atoms with E-state index in [0.29, 0.717) is 18.7 Å². The van der Waals surface area contributed by atoms with Crippen molar-refractivity contribution >= 4 is 11.6 Å². The van der Waals surface area contributed by atoms with Crippen LogP contribution in [0.5, 0.6) is 0 Å². The van der Waals surface area contributed by atoms with E-state index in [0.717, 1.165) is 13.1 Å². The van der Waals surface area contributed by atoms with Gasteiger partial charge in [-0.1, -0.05) is 0 Å². The molecule has 0 aromatic heterocycles. The van der Waals surface area contributed by atoms with Gasteiger partial charge in [0.1, 0.15) is 0 Å². The van der Waals surface area contributed by atoms with E-state index in [1.54, 1.807) is 0 Å².